The molecule has 2 aromatic heterocycles. The van der Waals surface area contributed by atoms with Crippen LogP contribution in [0.2, 0.25) is 0 Å². The molecule has 0 saturated heterocycles. The van der Waals surface area contributed by atoms with Gasteiger partial charge in [0.1, 0.15) is 0 Å². The van der Waals surface area contributed by atoms with Crippen molar-refractivity contribution in [2.24, 2.45) is 5.73 Å². The number of rotatable bonds is 3. The zero-order chi connectivity index (χ0) is 18.9. The number of nitrogens with zero attached hydrogens (tertiary/aromatic N) is 3. The maximum absolute atomic E-state index is 4.91. The van der Waals surface area contributed by atoms with Crippen LogP contribution in [0.25, 0.3) is 5.69 Å². The fourth-order valence-corrected chi connectivity index (χ4v) is 1.68. The molecular weight excluding hydrogens is 314 g/mol. The summed E-state index contributed by atoms with van der Waals surface area (Å²) in [6.45, 7) is 4.00. The Hall–Kier alpha value is -2.86. The van der Waals surface area contributed by atoms with E-state index < -0.39 is 0 Å². The highest BCUT2D eigenvalue weighted by molar-refractivity contribution is 5.44. The lowest BCUT2D eigenvalue weighted by molar-refractivity contribution is 0.398. The van der Waals surface area contributed by atoms with Crippen molar-refractivity contribution in [3.63, 3.8) is 0 Å². The first kappa shape index (κ1) is 22.1. The van der Waals surface area contributed by atoms with Crippen LogP contribution in [0.15, 0.2) is 67.1 Å². The number of hydrogen-bond acceptors (Lipinski definition) is 5. The number of methoxy groups -OCH3 is 1. The number of para-hydroxylation sites is 1. The Morgan fingerprint density at radius 2 is 1.68 bits per heavy atom. The average Bonchev–Trinajstić information content (AvgIpc) is 3.27. The van der Waals surface area contributed by atoms with Crippen molar-refractivity contribution >= 4 is 5.69 Å². The Morgan fingerprint density at radius 3 is 2.20 bits per heavy atom. The third-order valence-electron chi connectivity index (χ3n) is 2.76. The summed E-state index contributed by atoms with van der Waals surface area (Å²) in [5.41, 5.74) is 6.60. The van der Waals surface area contributed by atoms with Crippen molar-refractivity contribution in [1.82, 2.24) is 14.8 Å². The van der Waals surface area contributed by atoms with Gasteiger partial charge in [-0.25, -0.2) is 9.67 Å². The monoisotopic (exact) mass is 343 g/mol. The number of pyridine rings is 1. The zero-order valence-electron chi connectivity index (χ0n) is 15.7. The molecule has 3 N–H and O–H groups in total. The molecule has 2 heterocycles. The van der Waals surface area contributed by atoms with Crippen LogP contribution < -0.4 is 15.8 Å². The molecule has 0 bridgehead atoms. The van der Waals surface area contributed by atoms with Crippen LogP contribution in [0.4, 0.5) is 5.69 Å². The Balaban J connectivity index is 0.000000387. The highest BCUT2D eigenvalue weighted by atomic mass is 16.5. The van der Waals surface area contributed by atoms with Crippen molar-refractivity contribution in [3.8, 4) is 11.6 Å². The molecule has 0 spiro atoms. The first-order valence-corrected chi connectivity index (χ1v) is 8.14. The largest absolute Gasteiger partial charge is 0.481 e. The molecule has 6 heteroatoms. The minimum absolute atomic E-state index is 0.631. The maximum Gasteiger partial charge on any atom is 0.214 e. The average molecular weight is 343 g/mol. The van der Waals surface area contributed by atoms with Gasteiger partial charge in [0.15, 0.2) is 0 Å². The van der Waals surface area contributed by atoms with Gasteiger partial charge in [-0.05, 0) is 31.3 Å². The Bertz CT molecular complexity index is 623. The van der Waals surface area contributed by atoms with Gasteiger partial charge in [0.2, 0.25) is 5.88 Å². The quantitative estimate of drug-likeness (QED) is 0.759. The predicted molar refractivity (Wildman–Crippen MR) is 105 cm³/mol. The summed E-state index contributed by atoms with van der Waals surface area (Å²) >= 11 is 0. The highest BCUT2D eigenvalue weighted by Crippen LogP contribution is 2.11. The summed E-state index contributed by atoms with van der Waals surface area (Å²) in [5, 5.41) is 7.08. The van der Waals surface area contributed by atoms with Crippen LogP contribution in [0.5, 0.6) is 5.88 Å². The molecule has 25 heavy (non-hydrogen) atoms. The lowest BCUT2D eigenvalue weighted by Crippen LogP contribution is -1.91. The fraction of sp³-hybridized carbons (Fsp3) is 0.263. The summed E-state index contributed by atoms with van der Waals surface area (Å²) in [5.74, 6) is 0.631. The summed E-state index contributed by atoms with van der Waals surface area (Å²) in [6, 6.07) is 15.6. The molecular formula is C19H29N5O. The van der Waals surface area contributed by atoms with Gasteiger partial charge in [-0.3, -0.25) is 0 Å². The molecule has 0 aliphatic carbocycles. The van der Waals surface area contributed by atoms with E-state index in [0.29, 0.717) is 5.88 Å². The third-order valence-corrected chi connectivity index (χ3v) is 2.76. The molecule has 0 unspecified atom stereocenters. The van der Waals surface area contributed by atoms with E-state index in [1.54, 1.807) is 19.5 Å². The van der Waals surface area contributed by atoms with Crippen molar-refractivity contribution in [3.05, 3.63) is 67.1 Å². The first-order valence-electron chi connectivity index (χ1n) is 8.14. The van der Waals surface area contributed by atoms with Crippen molar-refractivity contribution in [2.75, 3.05) is 26.5 Å². The van der Waals surface area contributed by atoms with E-state index >= 15 is 0 Å². The summed E-state index contributed by atoms with van der Waals surface area (Å²) < 4.78 is 6.74. The number of nitrogens with two attached hydrogens (primary N) is 1. The minimum atomic E-state index is 0.631. The van der Waals surface area contributed by atoms with Crippen LogP contribution in [-0.4, -0.2) is 36.0 Å². The Labute approximate surface area is 150 Å². The van der Waals surface area contributed by atoms with Gasteiger partial charge >= 0.3 is 0 Å². The molecule has 0 saturated carbocycles. The van der Waals surface area contributed by atoms with Gasteiger partial charge in [-0.2, -0.15) is 5.10 Å². The van der Waals surface area contributed by atoms with Crippen LogP contribution in [0, 0.1) is 0 Å². The summed E-state index contributed by atoms with van der Waals surface area (Å²) in [7, 11) is 4.95. The van der Waals surface area contributed by atoms with Crippen LogP contribution in [0.1, 0.15) is 13.8 Å². The van der Waals surface area contributed by atoms with E-state index in [4.69, 9.17) is 4.74 Å². The van der Waals surface area contributed by atoms with Gasteiger partial charge in [0.25, 0.3) is 0 Å². The first-order chi connectivity index (χ1) is 12.3. The second-order valence-corrected chi connectivity index (χ2v) is 4.12. The molecule has 0 aliphatic rings. The minimum Gasteiger partial charge on any atom is -0.481 e. The van der Waals surface area contributed by atoms with Gasteiger partial charge in [0, 0.05) is 37.4 Å². The third kappa shape index (κ3) is 8.53. The van der Waals surface area contributed by atoms with Crippen molar-refractivity contribution in [1.29, 1.82) is 0 Å². The summed E-state index contributed by atoms with van der Waals surface area (Å²) in [6.07, 6.45) is 5.40. The van der Waals surface area contributed by atoms with Gasteiger partial charge in [0.05, 0.1) is 12.8 Å². The van der Waals surface area contributed by atoms with Crippen LogP contribution in [0.3, 0.4) is 0 Å². The topological polar surface area (TPSA) is 78.0 Å². The van der Waals surface area contributed by atoms with Gasteiger partial charge in [-0.1, -0.05) is 32.0 Å². The molecule has 1 aromatic carbocycles. The van der Waals surface area contributed by atoms with Crippen LogP contribution >= 0.6 is 0 Å². The molecule has 3 rings (SSSR count). The van der Waals surface area contributed by atoms with E-state index in [0.717, 1.165) is 11.4 Å². The second kappa shape index (κ2) is 14.7. The molecule has 0 aliphatic heterocycles. The van der Waals surface area contributed by atoms with E-state index in [9.17, 15) is 0 Å². The molecule has 136 valence electrons. The number of ether oxygens (including phenoxy) is 1. The Kier molecular flexibility index (Phi) is 13.0. The van der Waals surface area contributed by atoms with Crippen LogP contribution in [-0.2, 0) is 0 Å². The van der Waals surface area contributed by atoms with Gasteiger partial charge in [-0.15, -0.1) is 0 Å². The van der Waals surface area contributed by atoms with Gasteiger partial charge < -0.3 is 15.8 Å². The number of aromatic nitrogens is 3. The van der Waals surface area contributed by atoms with Crippen molar-refractivity contribution in [2.45, 2.75) is 13.8 Å². The van der Waals surface area contributed by atoms with E-state index in [1.807, 2.05) is 80.3 Å². The number of anilines is 1. The smallest absolute Gasteiger partial charge is 0.214 e. The molecule has 6 nitrogen and oxygen atoms in total. The van der Waals surface area contributed by atoms with Crippen molar-refractivity contribution < 1.29 is 4.74 Å². The molecule has 0 radical (unpaired) electrons. The standard InChI is InChI=1S/C9H8N2.C7H10N2O.C2H6.CH5N/c1-2-5-9(6-3-1)11-8-4-7-10-11;1-8-6-3-4-9-7(5-6)10-2;2*1-2/h1-8H;3-5H,1-2H3,(H,8,9);1-2H3;2H2,1H3. The number of hydrogen-bond donors (Lipinski definition) is 2. The Morgan fingerprint density at radius 1 is 1.00 bits per heavy atom. The molecule has 3 aromatic rings. The second-order valence-electron chi connectivity index (χ2n) is 4.12. The predicted octanol–water partition coefficient (Wildman–Crippen LogP) is 3.61. The lowest BCUT2D eigenvalue weighted by Gasteiger charge is -2.00. The normalized spacial score (nSPS) is 8.40. The maximum atomic E-state index is 4.91. The SMILES string of the molecule is CC.CN.CNc1ccnc(OC)c1.c1ccc(-n2cccn2)cc1. The highest BCUT2D eigenvalue weighted by Gasteiger charge is 1.92. The fourth-order valence-electron chi connectivity index (χ4n) is 1.68. The molecule has 0 amide bonds. The number of benzene rings is 1. The summed E-state index contributed by atoms with van der Waals surface area (Å²) in [4.78, 5) is 3.94. The molecule has 0 fully saturated rings. The lowest BCUT2D eigenvalue weighted by atomic mass is 10.3. The number of nitrogens with one attached hydrogen (secondary N) is 1. The van der Waals surface area contributed by atoms with E-state index in [1.165, 1.54) is 7.05 Å². The van der Waals surface area contributed by atoms with E-state index in [2.05, 4.69) is 21.1 Å². The zero-order valence-corrected chi connectivity index (χ0v) is 15.7. The van der Waals surface area contributed by atoms with E-state index in [-0.39, 0.29) is 0 Å². The molecule has 0 atom stereocenters.